The largest absolute Gasteiger partial charge is 0.375 e. The van der Waals surface area contributed by atoms with Gasteiger partial charge in [-0.15, -0.1) is 0 Å². The van der Waals surface area contributed by atoms with Gasteiger partial charge in [0.25, 0.3) is 5.56 Å². The van der Waals surface area contributed by atoms with Crippen LogP contribution in [0, 0.1) is 5.95 Å². The van der Waals surface area contributed by atoms with Crippen LogP contribution in [0.1, 0.15) is 13.8 Å². The van der Waals surface area contributed by atoms with Gasteiger partial charge in [0.05, 0.1) is 18.8 Å². The second-order valence-electron chi connectivity index (χ2n) is 5.56. The summed E-state index contributed by atoms with van der Waals surface area (Å²) in [6.45, 7) is 5.00. The summed E-state index contributed by atoms with van der Waals surface area (Å²) in [6.07, 6.45) is 1.32. The zero-order valence-electron chi connectivity index (χ0n) is 12.7. The minimum atomic E-state index is -0.644. The Morgan fingerprint density at radius 3 is 3.00 bits per heavy atom. The first kappa shape index (κ1) is 15.9. The van der Waals surface area contributed by atoms with Gasteiger partial charge in [0, 0.05) is 24.4 Å². The third-order valence-corrected chi connectivity index (χ3v) is 4.07. The van der Waals surface area contributed by atoms with Gasteiger partial charge in [-0.25, -0.2) is 9.97 Å². The maximum Gasteiger partial charge on any atom is 0.272 e. The predicted molar refractivity (Wildman–Crippen MR) is 85.3 cm³/mol. The van der Waals surface area contributed by atoms with E-state index in [2.05, 4.69) is 15.0 Å². The molecular weight excluding hydrogens is 323 g/mol. The van der Waals surface area contributed by atoms with E-state index in [4.69, 9.17) is 16.3 Å². The molecule has 122 valence electrons. The van der Waals surface area contributed by atoms with Crippen molar-refractivity contribution in [3.8, 4) is 11.4 Å². The minimum Gasteiger partial charge on any atom is -0.375 e. The quantitative estimate of drug-likeness (QED) is 0.850. The molecule has 6 nitrogen and oxygen atoms in total. The smallest absolute Gasteiger partial charge is 0.272 e. The van der Waals surface area contributed by atoms with Crippen LogP contribution in [0.3, 0.4) is 0 Å². The van der Waals surface area contributed by atoms with Gasteiger partial charge < -0.3 is 14.6 Å². The number of anilines is 1. The van der Waals surface area contributed by atoms with Crippen molar-refractivity contribution >= 4 is 17.4 Å². The summed E-state index contributed by atoms with van der Waals surface area (Å²) in [5, 5.41) is 0.0178. The molecule has 1 fully saturated rings. The van der Waals surface area contributed by atoms with E-state index in [0.29, 0.717) is 24.5 Å². The van der Waals surface area contributed by atoms with Crippen LogP contribution in [0.25, 0.3) is 11.4 Å². The van der Waals surface area contributed by atoms with Crippen LogP contribution < -0.4 is 10.5 Å². The zero-order valence-corrected chi connectivity index (χ0v) is 13.5. The molecule has 0 radical (unpaired) electrons. The predicted octanol–water partition coefficient (Wildman–Crippen LogP) is 2.24. The minimum absolute atomic E-state index is 0.00479. The second kappa shape index (κ2) is 6.25. The number of rotatable bonds is 2. The van der Waals surface area contributed by atoms with Gasteiger partial charge in [0.1, 0.15) is 10.8 Å². The molecule has 8 heteroatoms. The maximum atomic E-state index is 13.3. The van der Waals surface area contributed by atoms with Crippen molar-refractivity contribution in [2.24, 2.45) is 0 Å². The Morgan fingerprint density at radius 1 is 1.48 bits per heavy atom. The number of hydrogen-bond donors (Lipinski definition) is 1. The molecule has 2 aromatic rings. The van der Waals surface area contributed by atoms with E-state index in [1.54, 1.807) is 6.07 Å². The molecule has 3 heterocycles. The second-order valence-corrected chi connectivity index (χ2v) is 5.94. The topological polar surface area (TPSA) is 71.1 Å². The first-order valence-corrected chi connectivity index (χ1v) is 7.63. The number of nitrogens with one attached hydrogen (secondary N) is 1. The summed E-state index contributed by atoms with van der Waals surface area (Å²) in [5.41, 5.74) is -0.0308. The van der Waals surface area contributed by atoms with E-state index in [1.165, 1.54) is 12.3 Å². The van der Waals surface area contributed by atoms with Crippen LogP contribution >= 0.6 is 11.6 Å². The SMILES string of the molecule is CC1CN(c2nc(-c3ccnc(F)c3)[nH]c(=O)c2Cl)C(C)CO1. The number of ether oxygens (including phenoxy) is 1. The molecular formula is C15H16ClFN4O2. The summed E-state index contributed by atoms with van der Waals surface area (Å²) in [4.78, 5) is 24.6. The molecule has 0 spiro atoms. The van der Waals surface area contributed by atoms with Gasteiger partial charge in [-0.3, -0.25) is 4.79 Å². The molecule has 2 atom stereocenters. The molecule has 0 aliphatic carbocycles. The summed E-state index contributed by atoms with van der Waals surface area (Å²) in [6, 6.07) is 2.81. The van der Waals surface area contributed by atoms with Crippen LogP contribution in [0.4, 0.5) is 10.2 Å². The highest BCUT2D eigenvalue weighted by atomic mass is 35.5. The fourth-order valence-electron chi connectivity index (χ4n) is 2.52. The number of halogens is 2. The van der Waals surface area contributed by atoms with E-state index in [9.17, 15) is 9.18 Å². The summed E-state index contributed by atoms with van der Waals surface area (Å²) in [5.74, 6) is -0.0117. The lowest BCUT2D eigenvalue weighted by Crippen LogP contribution is -2.48. The fraction of sp³-hybridized carbons (Fsp3) is 0.400. The van der Waals surface area contributed by atoms with Gasteiger partial charge in [0.2, 0.25) is 5.95 Å². The molecule has 3 rings (SSSR count). The maximum absolute atomic E-state index is 13.3. The van der Waals surface area contributed by atoms with Crippen molar-refractivity contribution < 1.29 is 9.13 Å². The highest BCUT2D eigenvalue weighted by molar-refractivity contribution is 6.32. The van der Waals surface area contributed by atoms with Crippen LogP contribution in [-0.4, -0.2) is 40.2 Å². The molecule has 1 aliphatic rings. The van der Waals surface area contributed by atoms with Crippen molar-refractivity contribution in [2.75, 3.05) is 18.1 Å². The Hall–Kier alpha value is -1.99. The highest BCUT2D eigenvalue weighted by Crippen LogP contribution is 2.27. The van der Waals surface area contributed by atoms with Crippen LogP contribution in [-0.2, 0) is 4.74 Å². The molecule has 1 N–H and O–H groups in total. The van der Waals surface area contributed by atoms with Crippen molar-refractivity contribution in [3.05, 3.63) is 39.7 Å². The summed E-state index contributed by atoms with van der Waals surface area (Å²) >= 11 is 6.16. The molecule has 0 saturated carbocycles. The summed E-state index contributed by atoms with van der Waals surface area (Å²) in [7, 11) is 0. The first-order chi connectivity index (χ1) is 11.0. The fourth-order valence-corrected chi connectivity index (χ4v) is 2.72. The molecule has 2 aromatic heterocycles. The number of hydrogen-bond acceptors (Lipinski definition) is 5. The van der Waals surface area contributed by atoms with Gasteiger partial charge in [-0.1, -0.05) is 11.6 Å². The lowest BCUT2D eigenvalue weighted by Gasteiger charge is -2.37. The van der Waals surface area contributed by atoms with Crippen LogP contribution in [0.2, 0.25) is 5.02 Å². The normalized spacial score (nSPS) is 21.5. The molecule has 2 unspecified atom stereocenters. The Morgan fingerprint density at radius 2 is 2.26 bits per heavy atom. The molecule has 0 aromatic carbocycles. The highest BCUT2D eigenvalue weighted by Gasteiger charge is 2.27. The monoisotopic (exact) mass is 338 g/mol. The average molecular weight is 339 g/mol. The first-order valence-electron chi connectivity index (χ1n) is 7.25. The van der Waals surface area contributed by atoms with Gasteiger partial charge in [-0.05, 0) is 19.9 Å². The average Bonchev–Trinajstić information content (AvgIpc) is 2.52. The van der Waals surface area contributed by atoms with Crippen LogP contribution in [0.15, 0.2) is 23.1 Å². The third-order valence-electron chi connectivity index (χ3n) is 3.73. The number of aromatic nitrogens is 3. The van der Waals surface area contributed by atoms with Crippen molar-refractivity contribution in [1.82, 2.24) is 15.0 Å². The zero-order chi connectivity index (χ0) is 16.6. The number of nitrogens with zero attached hydrogens (tertiary/aromatic N) is 3. The number of morpholine rings is 1. The van der Waals surface area contributed by atoms with Crippen molar-refractivity contribution in [1.29, 1.82) is 0 Å². The van der Waals surface area contributed by atoms with E-state index in [-0.39, 0.29) is 23.0 Å². The molecule has 1 saturated heterocycles. The Bertz CT molecular complexity index is 782. The van der Waals surface area contributed by atoms with E-state index in [1.807, 2.05) is 18.7 Å². The van der Waals surface area contributed by atoms with Crippen LogP contribution in [0.5, 0.6) is 0 Å². The lowest BCUT2D eigenvalue weighted by molar-refractivity contribution is 0.0340. The van der Waals surface area contributed by atoms with Gasteiger partial charge in [0.15, 0.2) is 5.82 Å². The van der Waals surface area contributed by atoms with E-state index in [0.717, 1.165) is 0 Å². The number of H-pyrrole nitrogens is 1. The molecule has 0 amide bonds. The Balaban J connectivity index is 2.08. The molecule has 0 bridgehead atoms. The van der Waals surface area contributed by atoms with Crippen molar-refractivity contribution in [2.45, 2.75) is 26.0 Å². The Kier molecular flexibility index (Phi) is 4.32. The Labute approximate surface area is 137 Å². The molecule has 23 heavy (non-hydrogen) atoms. The third kappa shape index (κ3) is 3.20. The number of aromatic amines is 1. The van der Waals surface area contributed by atoms with Crippen molar-refractivity contribution in [3.63, 3.8) is 0 Å². The van der Waals surface area contributed by atoms with E-state index >= 15 is 0 Å². The lowest BCUT2D eigenvalue weighted by atomic mass is 10.2. The summed E-state index contributed by atoms with van der Waals surface area (Å²) < 4.78 is 18.9. The van der Waals surface area contributed by atoms with Gasteiger partial charge in [-0.2, -0.15) is 4.39 Å². The number of pyridine rings is 1. The van der Waals surface area contributed by atoms with Gasteiger partial charge >= 0.3 is 0 Å². The molecule has 1 aliphatic heterocycles. The standard InChI is InChI=1S/C15H16ClFN4O2/c1-8-7-23-9(2)6-21(8)14-12(16)15(22)20-13(19-14)10-3-4-18-11(17)5-10/h3-5,8-9H,6-7H2,1-2H3,(H,19,20,22). The van der Waals surface area contributed by atoms with E-state index < -0.39 is 11.5 Å².